The van der Waals surface area contributed by atoms with Crippen molar-refractivity contribution in [2.75, 3.05) is 6.54 Å². The minimum Gasteiger partial charge on any atom is -0.488 e. The van der Waals surface area contributed by atoms with E-state index in [1.54, 1.807) is 12.1 Å². The lowest BCUT2D eigenvalue weighted by Gasteiger charge is -2.16. The van der Waals surface area contributed by atoms with E-state index in [0.29, 0.717) is 11.5 Å². The summed E-state index contributed by atoms with van der Waals surface area (Å²) >= 11 is 0. The van der Waals surface area contributed by atoms with Crippen LogP contribution in [-0.2, 0) is 13.2 Å². The fourth-order valence-electron chi connectivity index (χ4n) is 3.01. The van der Waals surface area contributed by atoms with Gasteiger partial charge in [-0.2, -0.15) is 0 Å². The average Bonchev–Trinajstić information content (AvgIpc) is 2.65. The highest BCUT2D eigenvalue weighted by Crippen LogP contribution is 2.29. The molecule has 0 radical (unpaired) electrons. The third kappa shape index (κ3) is 5.69. The monoisotopic (exact) mass is 387 g/mol. The van der Waals surface area contributed by atoms with Gasteiger partial charge in [-0.25, -0.2) is 4.39 Å². The summed E-state index contributed by atoms with van der Waals surface area (Å²) in [4.78, 5) is 0. The summed E-state index contributed by atoms with van der Waals surface area (Å²) in [6, 6.07) is 19.1. The van der Waals surface area contributed by atoms with Crippen molar-refractivity contribution in [3.05, 3.63) is 77.6 Å². The van der Waals surface area contributed by atoms with Crippen molar-refractivity contribution in [2.45, 2.75) is 33.4 Å². The molecule has 0 spiro atoms. The first-order valence-electron chi connectivity index (χ1n) is 9.22. The second-order valence-corrected chi connectivity index (χ2v) is 7.00. The molecule has 1 N–H and O–H groups in total. The summed E-state index contributed by atoms with van der Waals surface area (Å²) in [5.74, 6) is 1.25. The van der Waals surface area contributed by atoms with Crippen LogP contribution in [0.3, 0.4) is 0 Å². The third-order valence-corrected chi connectivity index (χ3v) is 4.54. The number of ether oxygens (including phenoxy) is 1. The minimum absolute atomic E-state index is 0. The first-order chi connectivity index (χ1) is 12.6. The molecule has 0 bridgehead atoms. The molecule has 0 heterocycles. The second kappa shape index (κ2) is 10.3. The molecular formula is C23H27ClFNO. The van der Waals surface area contributed by atoms with Gasteiger partial charge in [0, 0.05) is 17.7 Å². The number of benzene rings is 3. The molecule has 2 nitrogen and oxygen atoms in total. The third-order valence-electron chi connectivity index (χ3n) is 4.54. The zero-order valence-electron chi connectivity index (χ0n) is 15.9. The summed E-state index contributed by atoms with van der Waals surface area (Å²) in [6.07, 6.45) is 1.14. The van der Waals surface area contributed by atoms with E-state index in [1.165, 1.54) is 16.8 Å². The highest BCUT2D eigenvalue weighted by Gasteiger charge is 2.10. The molecule has 0 aliphatic rings. The van der Waals surface area contributed by atoms with Crippen LogP contribution in [0.1, 0.15) is 31.4 Å². The molecule has 0 aliphatic carbocycles. The summed E-state index contributed by atoms with van der Waals surface area (Å²) in [6.45, 7) is 6.38. The Kier molecular flexibility index (Phi) is 8.08. The first-order valence-corrected chi connectivity index (χ1v) is 9.22. The smallest absolute Gasteiger partial charge is 0.129 e. The van der Waals surface area contributed by atoms with Gasteiger partial charge >= 0.3 is 0 Å². The number of rotatable bonds is 8. The van der Waals surface area contributed by atoms with Crippen LogP contribution in [0.2, 0.25) is 0 Å². The fraction of sp³-hybridized carbons (Fsp3) is 0.304. The maximum atomic E-state index is 13.9. The molecule has 4 heteroatoms. The highest BCUT2D eigenvalue weighted by atomic mass is 35.5. The Balaban J connectivity index is 0.00000261. The molecule has 144 valence electrons. The van der Waals surface area contributed by atoms with Gasteiger partial charge in [0.15, 0.2) is 0 Å². The predicted octanol–water partition coefficient (Wildman–Crippen LogP) is 6.12. The van der Waals surface area contributed by atoms with E-state index in [4.69, 9.17) is 4.74 Å². The van der Waals surface area contributed by atoms with Crippen LogP contribution < -0.4 is 10.1 Å². The van der Waals surface area contributed by atoms with Crippen LogP contribution in [-0.4, -0.2) is 6.54 Å². The summed E-state index contributed by atoms with van der Waals surface area (Å²) in [7, 11) is 0. The molecule has 0 aliphatic heterocycles. The topological polar surface area (TPSA) is 21.3 Å². The van der Waals surface area contributed by atoms with Gasteiger partial charge in [0.25, 0.3) is 0 Å². The van der Waals surface area contributed by atoms with E-state index in [0.717, 1.165) is 30.8 Å². The van der Waals surface area contributed by atoms with Gasteiger partial charge in [-0.05, 0) is 41.8 Å². The maximum absolute atomic E-state index is 13.9. The lowest BCUT2D eigenvalue weighted by molar-refractivity contribution is 0.296. The van der Waals surface area contributed by atoms with E-state index in [1.807, 2.05) is 24.3 Å². The SMILES string of the molecule is CC(C)CCNCc1c(OCc2ccccc2F)ccc2ccccc12.Cl. The van der Waals surface area contributed by atoms with E-state index < -0.39 is 0 Å². The van der Waals surface area contributed by atoms with Crippen LogP contribution in [0.15, 0.2) is 60.7 Å². The molecule has 0 amide bonds. The Morgan fingerprint density at radius 3 is 2.48 bits per heavy atom. The molecule has 3 aromatic rings. The first kappa shape index (κ1) is 21.2. The second-order valence-electron chi connectivity index (χ2n) is 7.00. The zero-order valence-corrected chi connectivity index (χ0v) is 16.7. The zero-order chi connectivity index (χ0) is 18.4. The fourth-order valence-corrected chi connectivity index (χ4v) is 3.01. The minimum atomic E-state index is -0.232. The normalized spacial score (nSPS) is 10.8. The van der Waals surface area contributed by atoms with Crippen molar-refractivity contribution in [2.24, 2.45) is 5.92 Å². The van der Waals surface area contributed by atoms with Crippen LogP contribution in [0, 0.1) is 11.7 Å². The Morgan fingerprint density at radius 2 is 1.70 bits per heavy atom. The largest absolute Gasteiger partial charge is 0.488 e. The molecule has 27 heavy (non-hydrogen) atoms. The molecule has 3 aromatic carbocycles. The van der Waals surface area contributed by atoms with E-state index in [-0.39, 0.29) is 24.8 Å². The Labute approximate surface area is 167 Å². The molecular weight excluding hydrogens is 361 g/mol. The van der Waals surface area contributed by atoms with Crippen molar-refractivity contribution in [3.63, 3.8) is 0 Å². The number of hydrogen-bond acceptors (Lipinski definition) is 2. The lowest BCUT2D eigenvalue weighted by atomic mass is 10.0. The van der Waals surface area contributed by atoms with Crippen molar-refractivity contribution in [1.82, 2.24) is 5.32 Å². The van der Waals surface area contributed by atoms with Crippen molar-refractivity contribution in [3.8, 4) is 5.75 Å². The highest BCUT2D eigenvalue weighted by molar-refractivity contribution is 5.87. The van der Waals surface area contributed by atoms with Gasteiger partial charge in [-0.3, -0.25) is 0 Å². The number of halogens is 2. The molecule has 0 saturated carbocycles. The van der Waals surface area contributed by atoms with Crippen LogP contribution in [0.25, 0.3) is 10.8 Å². The molecule has 0 unspecified atom stereocenters. The molecule has 0 saturated heterocycles. The quantitative estimate of drug-likeness (QED) is 0.470. The standard InChI is InChI=1S/C23H26FNO.ClH/c1-17(2)13-14-25-15-21-20-9-5-3-7-18(20)11-12-23(21)26-16-19-8-4-6-10-22(19)24;/h3-12,17,25H,13-16H2,1-2H3;1H. The summed E-state index contributed by atoms with van der Waals surface area (Å²) in [5, 5.41) is 5.88. The molecule has 3 rings (SSSR count). The predicted molar refractivity (Wildman–Crippen MR) is 113 cm³/mol. The lowest BCUT2D eigenvalue weighted by Crippen LogP contribution is -2.17. The van der Waals surface area contributed by atoms with Crippen molar-refractivity contribution in [1.29, 1.82) is 0 Å². The van der Waals surface area contributed by atoms with Gasteiger partial charge in [-0.1, -0.05) is 62.4 Å². The molecule has 0 atom stereocenters. The van der Waals surface area contributed by atoms with E-state index in [9.17, 15) is 4.39 Å². The Morgan fingerprint density at radius 1 is 0.963 bits per heavy atom. The van der Waals surface area contributed by atoms with E-state index >= 15 is 0 Å². The Hall–Kier alpha value is -2.10. The molecule has 0 aromatic heterocycles. The van der Waals surface area contributed by atoms with Crippen LogP contribution in [0.5, 0.6) is 5.75 Å². The Bertz CT molecular complexity index is 866. The van der Waals surface area contributed by atoms with Gasteiger partial charge < -0.3 is 10.1 Å². The average molecular weight is 388 g/mol. The van der Waals surface area contributed by atoms with Crippen LogP contribution in [0.4, 0.5) is 4.39 Å². The van der Waals surface area contributed by atoms with E-state index in [2.05, 4.69) is 37.4 Å². The number of nitrogens with one attached hydrogen (secondary N) is 1. The van der Waals surface area contributed by atoms with Gasteiger partial charge in [0.05, 0.1) is 0 Å². The maximum Gasteiger partial charge on any atom is 0.129 e. The number of hydrogen-bond donors (Lipinski definition) is 1. The number of fused-ring (bicyclic) bond motifs is 1. The van der Waals surface area contributed by atoms with Gasteiger partial charge in [0.2, 0.25) is 0 Å². The van der Waals surface area contributed by atoms with Crippen LogP contribution >= 0.6 is 12.4 Å². The molecule has 0 fully saturated rings. The van der Waals surface area contributed by atoms with Crippen molar-refractivity contribution >= 4 is 23.2 Å². The summed E-state index contributed by atoms with van der Waals surface area (Å²) < 4.78 is 19.9. The van der Waals surface area contributed by atoms with Crippen molar-refractivity contribution < 1.29 is 9.13 Å². The summed E-state index contributed by atoms with van der Waals surface area (Å²) in [5.41, 5.74) is 1.70. The van der Waals surface area contributed by atoms with Gasteiger partial charge in [0.1, 0.15) is 18.2 Å². The van der Waals surface area contributed by atoms with Gasteiger partial charge in [-0.15, -0.1) is 12.4 Å².